The highest BCUT2D eigenvalue weighted by molar-refractivity contribution is 5.78. The van der Waals surface area contributed by atoms with Gasteiger partial charge in [-0.2, -0.15) is 5.11 Å². The molecule has 0 unspecified atom stereocenters. The van der Waals surface area contributed by atoms with Crippen molar-refractivity contribution in [2.75, 3.05) is 0 Å². The highest BCUT2D eigenvalue weighted by Crippen LogP contribution is 2.34. The summed E-state index contributed by atoms with van der Waals surface area (Å²) < 4.78 is 0. The monoisotopic (exact) mass is 272 g/mol. The van der Waals surface area contributed by atoms with Gasteiger partial charge in [-0.05, 0) is 36.2 Å². The highest BCUT2D eigenvalue weighted by atomic mass is 15.1. The minimum absolute atomic E-state index is 0.859. The molecule has 0 saturated heterocycles. The fourth-order valence-corrected chi connectivity index (χ4v) is 2.32. The van der Waals surface area contributed by atoms with E-state index in [0.717, 1.165) is 22.5 Å². The average Bonchev–Trinajstić information content (AvgIpc) is 2.55. The molecule has 102 valence electrons. The van der Waals surface area contributed by atoms with E-state index in [-0.39, 0.29) is 0 Å². The SMILES string of the molecule is Cc1cccc(N=Nc2ccccc2)c1-c1ccccc1. The van der Waals surface area contributed by atoms with E-state index in [1.165, 1.54) is 5.56 Å². The fourth-order valence-electron chi connectivity index (χ4n) is 2.32. The molecule has 0 aliphatic carbocycles. The number of azo groups is 1. The summed E-state index contributed by atoms with van der Waals surface area (Å²) in [5.41, 5.74) is 5.25. The molecule has 0 atom stereocenters. The Morgan fingerprint density at radius 3 is 2.00 bits per heavy atom. The van der Waals surface area contributed by atoms with Crippen molar-refractivity contribution in [1.29, 1.82) is 0 Å². The van der Waals surface area contributed by atoms with Crippen molar-refractivity contribution < 1.29 is 0 Å². The first-order chi connectivity index (χ1) is 10.3. The maximum Gasteiger partial charge on any atom is 0.0938 e. The quantitative estimate of drug-likeness (QED) is 0.516. The van der Waals surface area contributed by atoms with Gasteiger partial charge >= 0.3 is 0 Å². The predicted octanol–water partition coefficient (Wildman–Crippen LogP) is 6.08. The largest absolute Gasteiger partial charge is 0.151 e. The molecule has 0 fully saturated rings. The summed E-state index contributed by atoms with van der Waals surface area (Å²) in [5.74, 6) is 0. The Hall–Kier alpha value is -2.74. The lowest BCUT2D eigenvalue weighted by Crippen LogP contribution is -1.83. The van der Waals surface area contributed by atoms with Crippen molar-refractivity contribution >= 4 is 11.4 Å². The van der Waals surface area contributed by atoms with E-state index < -0.39 is 0 Å². The van der Waals surface area contributed by atoms with Gasteiger partial charge in [-0.1, -0.05) is 60.7 Å². The van der Waals surface area contributed by atoms with E-state index in [1.54, 1.807) is 0 Å². The number of nitrogens with zero attached hydrogens (tertiary/aromatic N) is 2. The van der Waals surface area contributed by atoms with Crippen LogP contribution in [0, 0.1) is 6.92 Å². The summed E-state index contributed by atoms with van der Waals surface area (Å²) in [4.78, 5) is 0. The molecule has 0 bridgehead atoms. The standard InChI is InChI=1S/C19H16N2/c1-15-9-8-14-18(19(15)16-10-4-2-5-11-16)21-20-17-12-6-3-7-13-17/h2-14H,1H3. The molecule has 0 radical (unpaired) electrons. The van der Waals surface area contributed by atoms with Crippen LogP contribution in [0.3, 0.4) is 0 Å². The van der Waals surface area contributed by atoms with Crippen LogP contribution < -0.4 is 0 Å². The van der Waals surface area contributed by atoms with Gasteiger partial charge in [-0.25, -0.2) is 0 Å². The van der Waals surface area contributed by atoms with E-state index in [4.69, 9.17) is 0 Å². The molecule has 0 aliphatic rings. The number of rotatable bonds is 3. The lowest BCUT2D eigenvalue weighted by atomic mass is 9.99. The lowest BCUT2D eigenvalue weighted by Gasteiger charge is -2.08. The van der Waals surface area contributed by atoms with Gasteiger partial charge in [0, 0.05) is 5.56 Å². The highest BCUT2D eigenvalue weighted by Gasteiger charge is 2.07. The molecule has 0 saturated carbocycles. The smallest absolute Gasteiger partial charge is 0.0938 e. The predicted molar refractivity (Wildman–Crippen MR) is 87.2 cm³/mol. The molecule has 21 heavy (non-hydrogen) atoms. The van der Waals surface area contributed by atoms with E-state index >= 15 is 0 Å². The average molecular weight is 272 g/mol. The Labute approximate surface area is 124 Å². The van der Waals surface area contributed by atoms with Gasteiger partial charge in [-0.3, -0.25) is 0 Å². The van der Waals surface area contributed by atoms with Crippen molar-refractivity contribution in [3.8, 4) is 11.1 Å². The first-order valence-corrected chi connectivity index (χ1v) is 6.96. The van der Waals surface area contributed by atoms with Crippen LogP contribution in [-0.2, 0) is 0 Å². The van der Waals surface area contributed by atoms with Crippen LogP contribution >= 0.6 is 0 Å². The number of hydrogen-bond donors (Lipinski definition) is 0. The zero-order chi connectivity index (χ0) is 14.5. The minimum atomic E-state index is 0.859. The maximum atomic E-state index is 4.44. The second-order valence-electron chi connectivity index (χ2n) is 4.87. The van der Waals surface area contributed by atoms with E-state index in [2.05, 4.69) is 35.4 Å². The summed E-state index contributed by atoms with van der Waals surface area (Å²) in [7, 11) is 0. The molecule has 2 nitrogen and oxygen atoms in total. The van der Waals surface area contributed by atoms with Gasteiger partial charge in [0.2, 0.25) is 0 Å². The van der Waals surface area contributed by atoms with Crippen LogP contribution in [0.1, 0.15) is 5.56 Å². The molecule has 0 N–H and O–H groups in total. The third-order valence-electron chi connectivity index (χ3n) is 3.34. The summed E-state index contributed by atoms with van der Waals surface area (Å²) >= 11 is 0. The van der Waals surface area contributed by atoms with Crippen molar-refractivity contribution in [2.24, 2.45) is 10.2 Å². The van der Waals surface area contributed by atoms with Gasteiger partial charge in [0.25, 0.3) is 0 Å². The van der Waals surface area contributed by atoms with Gasteiger partial charge in [0.15, 0.2) is 0 Å². The van der Waals surface area contributed by atoms with Crippen LogP contribution in [0.25, 0.3) is 11.1 Å². The third kappa shape index (κ3) is 3.06. The lowest BCUT2D eigenvalue weighted by molar-refractivity contribution is 1.22. The van der Waals surface area contributed by atoms with Crippen molar-refractivity contribution in [3.63, 3.8) is 0 Å². The zero-order valence-corrected chi connectivity index (χ0v) is 11.9. The molecular formula is C19H16N2. The minimum Gasteiger partial charge on any atom is -0.151 e. The van der Waals surface area contributed by atoms with E-state index in [0.29, 0.717) is 0 Å². The number of benzene rings is 3. The van der Waals surface area contributed by atoms with Gasteiger partial charge in [-0.15, -0.1) is 5.11 Å². The second-order valence-corrected chi connectivity index (χ2v) is 4.87. The third-order valence-corrected chi connectivity index (χ3v) is 3.34. The van der Waals surface area contributed by atoms with Crippen molar-refractivity contribution in [1.82, 2.24) is 0 Å². The second kappa shape index (κ2) is 6.14. The normalized spacial score (nSPS) is 10.9. The van der Waals surface area contributed by atoms with Crippen LogP contribution in [0.2, 0.25) is 0 Å². The fraction of sp³-hybridized carbons (Fsp3) is 0.0526. The molecule has 0 aliphatic heterocycles. The van der Waals surface area contributed by atoms with Crippen LogP contribution in [0.4, 0.5) is 11.4 Å². The molecular weight excluding hydrogens is 256 g/mol. The van der Waals surface area contributed by atoms with Crippen molar-refractivity contribution in [2.45, 2.75) is 6.92 Å². The summed E-state index contributed by atoms with van der Waals surface area (Å²) in [5, 5.41) is 8.77. The zero-order valence-electron chi connectivity index (χ0n) is 11.9. The topological polar surface area (TPSA) is 24.7 Å². The molecule has 0 spiro atoms. The number of hydrogen-bond acceptors (Lipinski definition) is 2. The molecule has 2 heteroatoms. The summed E-state index contributed by atoms with van der Waals surface area (Å²) in [6.07, 6.45) is 0. The molecule has 0 aromatic heterocycles. The Morgan fingerprint density at radius 2 is 1.29 bits per heavy atom. The molecule has 0 heterocycles. The Balaban J connectivity index is 2.04. The molecule has 3 aromatic rings. The van der Waals surface area contributed by atoms with Crippen LogP contribution in [-0.4, -0.2) is 0 Å². The van der Waals surface area contributed by atoms with Crippen molar-refractivity contribution in [3.05, 3.63) is 84.4 Å². The van der Waals surface area contributed by atoms with Crippen LogP contribution in [0.15, 0.2) is 89.1 Å². The maximum absolute atomic E-state index is 4.44. The summed E-state index contributed by atoms with van der Waals surface area (Å²) in [6.45, 7) is 2.10. The first kappa shape index (κ1) is 13.3. The Bertz CT molecular complexity index is 747. The summed E-state index contributed by atoms with van der Waals surface area (Å²) in [6, 6.07) is 26.2. The van der Waals surface area contributed by atoms with Gasteiger partial charge in [0.05, 0.1) is 11.4 Å². The first-order valence-electron chi connectivity index (χ1n) is 6.96. The van der Waals surface area contributed by atoms with Gasteiger partial charge in [0.1, 0.15) is 0 Å². The molecule has 0 amide bonds. The number of aryl methyl sites for hydroxylation is 1. The van der Waals surface area contributed by atoms with Gasteiger partial charge < -0.3 is 0 Å². The van der Waals surface area contributed by atoms with E-state index in [1.807, 2.05) is 60.7 Å². The molecule has 3 aromatic carbocycles. The molecule has 3 rings (SSSR count). The Kier molecular flexibility index (Phi) is 3.88. The Morgan fingerprint density at radius 1 is 0.619 bits per heavy atom. The van der Waals surface area contributed by atoms with Crippen LogP contribution in [0.5, 0.6) is 0 Å². The van der Waals surface area contributed by atoms with E-state index in [9.17, 15) is 0 Å².